The van der Waals surface area contributed by atoms with Crippen LogP contribution in [0.1, 0.15) is 12.0 Å². The molecule has 1 atom stereocenters. The molecule has 126 valence electrons. The summed E-state index contributed by atoms with van der Waals surface area (Å²) in [6, 6.07) is 3.27. The molecule has 1 aromatic rings. The third-order valence-electron chi connectivity index (χ3n) is 3.67. The number of carbonyl (C=O) groups excluding carboxylic acids is 1. The number of carboxylic acid groups (broad SMARTS) is 1. The van der Waals surface area contributed by atoms with Crippen LogP contribution in [0.4, 0.5) is 9.18 Å². The molecule has 0 aromatic heterocycles. The van der Waals surface area contributed by atoms with E-state index in [9.17, 15) is 19.1 Å². The van der Waals surface area contributed by atoms with E-state index in [2.05, 4.69) is 10.3 Å². The number of nitrogens with zero attached hydrogens (tertiary/aromatic N) is 2. The maximum atomic E-state index is 13.3. The minimum atomic E-state index is -1.08. The van der Waals surface area contributed by atoms with Crippen LogP contribution in [-0.2, 0) is 4.79 Å². The van der Waals surface area contributed by atoms with Crippen molar-refractivity contribution in [3.05, 3.63) is 34.5 Å². The number of aromatic hydroxyl groups is 1. The van der Waals surface area contributed by atoms with Gasteiger partial charge in [0.2, 0.25) is 0 Å². The van der Waals surface area contributed by atoms with Gasteiger partial charge in [-0.1, -0.05) is 0 Å². The zero-order valence-corrected chi connectivity index (χ0v) is 13.2. The zero-order chi connectivity index (χ0) is 17.3. The highest BCUT2D eigenvalue weighted by Gasteiger charge is 2.31. The largest absolute Gasteiger partial charge is 0.507 e. The summed E-state index contributed by atoms with van der Waals surface area (Å²) in [5.41, 5.74) is 0.203. The van der Waals surface area contributed by atoms with Crippen molar-refractivity contribution in [2.24, 2.45) is 4.99 Å². The minimum absolute atomic E-state index is 0.127. The summed E-state index contributed by atoms with van der Waals surface area (Å²) in [4.78, 5) is 28.7. The van der Waals surface area contributed by atoms with E-state index in [-0.39, 0.29) is 22.3 Å². The number of thioether (sulfide) groups is 1. The van der Waals surface area contributed by atoms with Crippen molar-refractivity contribution in [2.75, 3.05) is 13.1 Å². The summed E-state index contributed by atoms with van der Waals surface area (Å²) in [5, 5.41) is 21.4. The normalized spacial score (nSPS) is 22.1. The SMILES string of the molecule is O=C(O)N[C@H]1CCN(C2=NC(=O)C(=Cc3cc(F)ccc3O)S2)C1. The van der Waals surface area contributed by atoms with Crippen molar-refractivity contribution in [1.29, 1.82) is 0 Å². The fraction of sp³-hybridized carbons (Fsp3) is 0.267. The van der Waals surface area contributed by atoms with Crippen molar-refractivity contribution < 1.29 is 24.2 Å². The number of benzene rings is 1. The number of amides is 2. The van der Waals surface area contributed by atoms with E-state index in [4.69, 9.17) is 5.11 Å². The molecule has 1 saturated heterocycles. The van der Waals surface area contributed by atoms with Gasteiger partial charge in [0.25, 0.3) is 5.91 Å². The predicted octanol–water partition coefficient (Wildman–Crippen LogP) is 1.84. The molecular weight excluding hydrogens is 337 g/mol. The molecule has 0 unspecified atom stereocenters. The van der Waals surface area contributed by atoms with Gasteiger partial charge >= 0.3 is 6.09 Å². The molecule has 2 heterocycles. The fourth-order valence-corrected chi connectivity index (χ4v) is 3.48. The number of rotatable bonds is 2. The minimum Gasteiger partial charge on any atom is -0.507 e. The Hall–Kier alpha value is -2.55. The van der Waals surface area contributed by atoms with Gasteiger partial charge in [0.1, 0.15) is 11.6 Å². The standard InChI is InChI=1S/C15H14FN3O4S/c16-9-1-2-11(20)8(5-9)6-12-13(21)18-14(24-12)19-4-3-10(7-19)17-15(22)23/h1-2,5-6,10,17,20H,3-4,7H2,(H,22,23)/t10-/m0/s1. The number of halogens is 1. The molecule has 2 amide bonds. The van der Waals surface area contributed by atoms with Crippen LogP contribution in [-0.4, -0.2) is 51.4 Å². The molecule has 24 heavy (non-hydrogen) atoms. The van der Waals surface area contributed by atoms with Crippen molar-refractivity contribution in [2.45, 2.75) is 12.5 Å². The number of hydrogen-bond donors (Lipinski definition) is 3. The van der Waals surface area contributed by atoms with Crippen LogP contribution in [0.2, 0.25) is 0 Å². The average molecular weight is 351 g/mol. The summed E-state index contributed by atoms with van der Waals surface area (Å²) in [5.74, 6) is -1.11. The number of phenols is 1. The lowest BCUT2D eigenvalue weighted by atomic mass is 10.2. The summed E-state index contributed by atoms with van der Waals surface area (Å²) in [6.07, 6.45) is 0.940. The van der Waals surface area contributed by atoms with E-state index >= 15 is 0 Å². The van der Waals surface area contributed by atoms with Gasteiger partial charge in [-0.05, 0) is 42.5 Å². The lowest BCUT2D eigenvalue weighted by Gasteiger charge is -2.16. The molecule has 9 heteroatoms. The van der Waals surface area contributed by atoms with Crippen LogP contribution in [0, 0.1) is 5.82 Å². The molecule has 3 N–H and O–H groups in total. The number of likely N-dealkylation sites (tertiary alicyclic amines) is 1. The molecule has 0 spiro atoms. The predicted molar refractivity (Wildman–Crippen MR) is 87.2 cm³/mol. The third-order valence-corrected chi connectivity index (χ3v) is 4.72. The maximum Gasteiger partial charge on any atom is 0.404 e. The Balaban J connectivity index is 1.71. The first-order valence-corrected chi connectivity index (χ1v) is 7.99. The molecular formula is C15H14FN3O4S. The highest BCUT2D eigenvalue weighted by molar-refractivity contribution is 8.18. The summed E-state index contributed by atoms with van der Waals surface area (Å²) in [7, 11) is 0. The van der Waals surface area contributed by atoms with Crippen LogP contribution >= 0.6 is 11.8 Å². The van der Waals surface area contributed by atoms with Crippen molar-refractivity contribution >= 4 is 35.0 Å². The van der Waals surface area contributed by atoms with Crippen molar-refractivity contribution in [3.8, 4) is 5.75 Å². The molecule has 0 bridgehead atoms. The third kappa shape index (κ3) is 3.51. The summed E-state index contributed by atoms with van der Waals surface area (Å²) in [6.45, 7) is 1.02. The first kappa shape index (κ1) is 16.3. The number of amidine groups is 1. The highest BCUT2D eigenvalue weighted by Crippen LogP contribution is 2.33. The fourth-order valence-electron chi connectivity index (χ4n) is 2.54. The Labute approximate surface area is 140 Å². The molecule has 2 aliphatic heterocycles. The number of carbonyl (C=O) groups is 2. The topological polar surface area (TPSA) is 102 Å². The first-order valence-electron chi connectivity index (χ1n) is 7.18. The van der Waals surface area contributed by atoms with E-state index < -0.39 is 17.8 Å². The monoisotopic (exact) mass is 351 g/mol. The second-order valence-electron chi connectivity index (χ2n) is 5.39. The van der Waals surface area contributed by atoms with Gasteiger partial charge in [0.05, 0.1) is 10.9 Å². The van der Waals surface area contributed by atoms with E-state index in [1.54, 1.807) is 0 Å². The summed E-state index contributed by atoms with van der Waals surface area (Å²) >= 11 is 1.13. The van der Waals surface area contributed by atoms with Crippen LogP contribution in [0.15, 0.2) is 28.1 Å². The van der Waals surface area contributed by atoms with Crippen molar-refractivity contribution in [1.82, 2.24) is 10.2 Å². The van der Waals surface area contributed by atoms with Crippen LogP contribution in [0.3, 0.4) is 0 Å². The Kier molecular flexibility index (Phi) is 4.43. The summed E-state index contributed by atoms with van der Waals surface area (Å²) < 4.78 is 13.3. The Morgan fingerprint density at radius 3 is 3.04 bits per heavy atom. The number of hydrogen-bond acceptors (Lipinski definition) is 5. The van der Waals surface area contributed by atoms with Gasteiger partial charge in [0.15, 0.2) is 5.17 Å². The number of phenolic OH excluding ortho intramolecular Hbond substituents is 1. The molecule has 1 aromatic carbocycles. The van der Waals surface area contributed by atoms with Crippen LogP contribution in [0.5, 0.6) is 5.75 Å². The molecule has 3 rings (SSSR count). The highest BCUT2D eigenvalue weighted by atomic mass is 32.2. The van der Waals surface area contributed by atoms with Gasteiger partial charge < -0.3 is 20.4 Å². The van der Waals surface area contributed by atoms with Crippen LogP contribution < -0.4 is 5.32 Å². The molecule has 7 nitrogen and oxygen atoms in total. The van der Waals surface area contributed by atoms with E-state index in [0.29, 0.717) is 24.7 Å². The quantitative estimate of drug-likeness (QED) is 0.703. The molecule has 0 radical (unpaired) electrons. The van der Waals surface area contributed by atoms with Gasteiger partial charge in [0, 0.05) is 18.7 Å². The molecule has 1 fully saturated rings. The van der Waals surface area contributed by atoms with Gasteiger partial charge in [-0.2, -0.15) is 4.99 Å². The van der Waals surface area contributed by atoms with Crippen LogP contribution in [0.25, 0.3) is 6.08 Å². The second kappa shape index (κ2) is 6.52. The smallest absolute Gasteiger partial charge is 0.404 e. The van der Waals surface area contributed by atoms with Gasteiger partial charge in [-0.25, -0.2) is 9.18 Å². The van der Waals surface area contributed by atoms with Gasteiger partial charge in [-0.3, -0.25) is 4.79 Å². The Bertz CT molecular complexity index is 765. The average Bonchev–Trinajstić information content (AvgIpc) is 3.10. The number of nitrogens with one attached hydrogen (secondary N) is 1. The lowest BCUT2D eigenvalue weighted by Crippen LogP contribution is -2.36. The first-order chi connectivity index (χ1) is 11.4. The Morgan fingerprint density at radius 2 is 2.29 bits per heavy atom. The molecule has 2 aliphatic rings. The second-order valence-corrected chi connectivity index (χ2v) is 6.40. The lowest BCUT2D eigenvalue weighted by molar-refractivity contribution is -0.113. The number of aliphatic imine (C=N–C) groups is 1. The van der Waals surface area contributed by atoms with E-state index in [1.807, 2.05) is 4.90 Å². The van der Waals surface area contributed by atoms with Crippen molar-refractivity contribution in [3.63, 3.8) is 0 Å². The zero-order valence-electron chi connectivity index (χ0n) is 12.4. The van der Waals surface area contributed by atoms with E-state index in [1.165, 1.54) is 12.1 Å². The molecule has 0 saturated carbocycles. The van der Waals surface area contributed by atoms with E-state index in [0.717, 1.165) is 23.9 Å². The maximum absolute atomic E-state index is 13.3. The Morgan fingerprint density at radius 1 is 1.50 bits per heavy atom. The van der Waals surface area contributed by atoms with Gasteiger partial charge in [-0.15, -0.1) is 0 Å². The molecule has 0 aliphatic carbocycles.